The lowest BCUT2D eigenvalue weighted by atomic mass is 9.67. The van der Waals surface area contributed by atoms with Crippen LogP contribution in [0.15, 0.2) is 10.5 Å². The molecule has 1 aliphatic carbocycles. The third kappa shape index (κ3) is 4.68. The predicted octanol–water partition coefficient (Wildman–Crippen LogP) is 2.71. The van der Waals surface area contributed by atoms with Crippen LogP contribution in [0.4, 0.5) is 0 Å². The third-order valence-corrected chi connectivity index (χ3v) is 5.37. The number of hydrogen-bond acceptors (Lipinski definition) is 4. The maximum atomic E-state index is 5.26. The summed E-state index contributed by atoms with van der Waals surface area (Å²) in [5.41, 5.74) is 3.36. The third-order valence-electron chi connectivity index (χ3n) is 4.45. The molecule has 0 radical (unpaired) electrons. The fourth-order valence-corrected chi connectivity index (χ4v) is 3.45. The molecule has 2 rings (SSSR count). The van der Waals surface area contributed by atoms with Crippen molar-refractivity contribution in [2.24, 2.45) is 10.4 Å². The van der Waals surface area contributed by atoms with Gasteiger partial charge in [0.25, 0.3) is 0 Å². The summed E-state index contributed by atoms with van der Waals surface area (Å²) in [6.07, 6.45) is 5.04. The van der Waals surface area contributed by atoms with Gasteiger partial charge in [0.1, 0.15) is 0 Å². The highest BCUT2D eigenvalue weighted by Gasteiger charge is 2.36. The number of nitrogens with zero attached hydrogens (tertiary/aromatic N) is 2. The summed E-state index contributed by atoms with van der Waals surface area (Å²) in [6.45, 7) is 7.52. The smallest absolute Gasteiger partial charge is 0.191 e. The lowest BCUT2D eigenvalue weighted by molar-refractivity contribution is 0.0732. The standard InChI is InChI=1S/C16H28N4OS/c1-4-17-15(18-10-14-13(2)20-12-22-14)19-11-16(6-5-7-16)8-9-21-3/h12H,4-11H2,1-3H3,(H2,17,18,19). The van der Waals surface area contributed by atoms with Gasteiger partial charge < -0.3 is 15.4 Å². The first-order valence-electron chi connectivity index (χ1n) is 8.09. The molecule has 0 atom stereocenters. The average Bonchev–Trinajstić information content (AvgIpc) is 2.88. The van der Waals surface area contributed by atoms with Crippen molar-refractivity contribution in [2.45, 2.75) is 46.1 Å². The zero-order valence-electron chi connectivity index (χ0n) is 13.9. The van der Waals surface area contributed by atoms with Gasteiger partial charge >= 0.3 is 0 Å². The number of methoxy groups -OCH3 is 1. The molecule has 1 aliphatic rings. The summed E-state index contributed by atoms with van der Waals surface area (Å²) in [4.78, 5) is 10.2. The molecule has 0 amide bonds. The Labute approximate surface area is 137 Å². The van der Waals surface area contributed by atoms with Gasteiger partial charge in [0.15, 0.2) is 5.96 Å². The normalized spacial score (nSPS) is 17.1. The van der Waals surface area contributed by atoms with E-state index >= 15 is 0 Å². The Bertz CT molecular complexity index is 482. The maximum absolute atomic E-state index is 5.26. The summed E-state index contributed by atoms with van der Waals surface area (Å²) >= 11 is 1.67. The molecule has 1 saturated carbocycles. The summed E-state index contributed by atoms with van der Waals surface area (Å²) in [5.74, 6) is 0.902. The average molecular weight is 324 g/mol. The van der Waals surface area contributed by atoms with Gasteiger partial charge in [-0.15, -0.1) is 11.3 Å². The molecule has 1 aromatic rings. The molecule has 0 aromatic carbocycles. The first kappa shape index (κ1) is 17.2. The van der Waals surface area contributed by atoms with Gasteiger partial charge in [-0.2, -0.15) is 0 Å². The lowest BCUT2D eigenvalue weighted by Crippen LogP contribution is -2.46. The van der Waals surface area contributed by atoms with E-state index in [-0.39, 0.29) is 0 Å². The lowest BCUT2D eigenvalue weighted by Gasteiger charge is -2.42. The highest BCUT2D eigenvalue weighted by molar-refractivity contribution is 7.09. The van der Waals surface area contributed by atoms with Gasteiger partial charge in [-0.05, 0) is 38.5 Å². The number of ether oxygens (including phenoxy) is 1. The van der Waals surface area contributed by atoms with Crippen LogP contribution >= 0.6 is 11.3 Å². The largest absolute Gasteiger partial charge is 0.385 e. The van der Waals surface area contributed by atoms with Crippen molar-refractivity contribution in [2.75, 3.05) is 26.8 Å². The molecule has 1 aromatic heterocycles. The maximum Gasteiger partial charge on any atom is 0.191 e. The molecule has 22 heavy (non-hydrogen) atoms. The van der Waals surface area contributed by atoms with Gasteiger partial charge in [-0.3, -0.25) is 0 Å². The van der Waals surface area contributed by atoms with Crippen molar-refractivity contribution in [3.05, 3.63) is 16.1 Å². The molecule has 0 unspecified atom stereocenters. The van der Waals surface area contributed by atoms with Gasteiger partial charge in [0, 0.05) is 31.7 Å². The summed E-state index contributed by atoms with van der Waals surface area (Å²) in [5, 5.41) is 6.86. The van der Waals surface area contributed by atoms with E-state index in [1.807, 2.05) is 12.4 Å². The Morgan fingerprint density at radius 1 is 1.45 bits per heavy atom. The van der Waals surface area contributed by atoms with E-state index in [4.69, 9.17) is 9.73 Å². The monoisotopic (exact) mass is 324 g/mol. The van der Waals surface area contributed by atoms with Crippen molar-refractivity contribution in [3.8, 4) is 0 Å². The predicted molar refractivity (Wildman–Crippen MR) is 92.4 cm³/mol. The molecule has 5 nitrogen and oxygen atoms in total. The molecule has 1 fully saturated rings. The minimum Gasteiger partial charge on any atom is -0.385 e. The van der Waals surface area contributed by atoms with Gasteiger partial charge in [-0.25, -0.2) is 9.98 Å². The van der Waals surface area contributed by atoms with Crippen LogP contribution in [0.1, 0.15) is 43.2 Å². The van der Waals surface area contributed by atoms with E-state index in [0.29, 0.717) is 12.0 Å². The van der Waals surface area contributed by atoms with Crippen molar-refractivity contribution >= 4 is 17.3 Å². The first-order valence-corrected chi connectivity index (χ1v) is 8.97. The van der Waals surface area contributed by atoms with Crippen molar-refractivity contribution in [1.82, 2.24) is 15.6 Å². The van der Waals surface area contributed by atoms with E-state index < -0.39 is 0 Å². The molecular weight excluding hydrogens is 296 g/mol. The summed E-state index contributed by atoms with van der Waals surface area (Å²) < 4.78 is 5.26. The molecule has 1 heterocycles. The topological polar surface area (TPSA) is 58.5 Å². The van der Waals surface area contributed by atoms with Crippen LogP contribution in [0.3, 0.4) is 0 Å². The van der Waals surface area contributed by atoms with E-state index in [1.54, 1.807) is 18.4 Å². The Kier molecular flexibility index (Phi) is 6.64. The first-order chi connectivity index (χ1) is 10.7. The highest BCUT2D eigenvalue weighted by Crippen LogP contribution is 2.43. The van der Waals surface area contributed by atoms with E-state index in [0.717, 1.165) is 37.8 Å². The highest BCUT2D eigenvalue weighted by atomic mass is 32.1. The SMILES string of the molecule is CCNC(=NCc1scnc1C)NCC1(CCOC)CCC1. The zero-order valence-corrected chi connectivity index (χ0v) is 14.8. The van der Waals surface area contributed by atoms with Crippen LogP contribution in [0.2, 0.25) is 0 Å². The Morgan fingerprint density at radius 3 is 2.82 bits per heavy atom. The van der Waals surface area contributed by atoms with E-state index in [2.05, 4.69) is 22.5 Å². The number of aliphatic imine (C=N–C) groups is 1. The van der Waals surface area contributed by atoms with Gasteiger partial charge in [0.05, 0.1) is 17.7 Å². The van der Waals surface area contributed by atoms with Gasteiger partial charge in [0.2, 0.25) is 0 Å². The second-order valence-corrected chi connectivity index (χ2v) is 6.95. The van der Waals surface area contributed by atoms with Crippen LogP contribution in [-0.4, -0.2) is 37.7 Å². The summed E-state index contributed by atoms with van der Waals surface area (Å²) in [7, 11) is 1.78. The quantitative estimate of drug-likeness (QED) is 0.570. The number of nitrogens with one attached hydrogen (secondary N) is 2. The molecule has 2 N–H and O–H groups in total. The molecule has 0 bridgehead atoms. The van der Waals surface area contributed by atoms with Crippen LogP contribution in [0.5, 0.6) is 0 Å². The second-order valence-electron chi connectivity index (χ2n) is 6.01. The fourth-order valence-electron chi connectivity index (χ4n) is 2.75. The Hall–Kier alpha value is -1.14. The molecule has 0 spiro atoms. The van der Waals surface area contributed by atoms with Crippen molar-refractivity contribution in [1.29, 1.82) is 0 Å². The number of guanidine groups is 1. The molecular formula is C16H28N4OS. The van der Waals surface area contributed by atoms with Crippen LogP contribution in [0.25, 0.3) is 0 Å². The Balaban J connectivity index is 1.89. The van der Waals surface area contributed by atoms with Crippen molar-refractivity contribution in [3.63, 3.8) is 0 Å². The molecule has 0 aliphatic heterocycles. The number of aryl methyl sites for hydroxylation is 1. The van der Waals surface area contributed by atoms with E-state index in [1.165, 1.54) is 24.1 Å². The number of aromatic nitrogens is 1. The minimum absolute atomic E-state index is 0.395. The second kappa shape index (κ2) is 8.48. The zero-order chi connectivity index (χ0) is 15.8. The minimum atomic E-state index is 0.395. The summed E-state index contributed by atoms with van der Waals surface area (Å²) in [6, 6.07) is 0. The van der Waals surface area contributed by atoms with E-state index in [9.17, 15) is 0 Å². The number of hydrogen-bond donors (Lipinski definition) is 2. The Morgan fingerprint density at radius 2 is 2.27 bits per heavy atom. The van der Waals surface area contributed by atoms with Crippen molar-refractivity contribution < 1.29 is 4.74 Å². The number of thiazole rings is 1. The molecule has 6 heteroatoms. The van der Waals surface area contributed by atoms with Crippen LogP contribution in [-0.2, 0) is 11.3 Å². The molecule has 0 saturated heterocycles. The molecule has 124 valence electrons. The number of rotatable bonds is 8. The fraction of sp³-hybridized carbons (Fsp3) is 0.750. The van der Waals surface area contributed by atoms with Crippen LogP contribution < -0.4 is 10.6 Å². The van der Waals surface area contributed by atoms with Crippen LogP contribution in [0, 0.1) is 12.3 Å². The van der Waals surface area contributed by atoms with Gasteiger partial charge in [-0.1, -0.05) is 6.42 Å².